The van der Waals surface area contributed by atoms with Crippen molar-refractivity contribution < 1.29 is 0 Å². The Morgan fingerprint density at radius 2 is 2.00 bits per heavy atom. The van der Waals surface area contributed by atoms with Gasteiger partial charge in [-0.05, 0) is 17.7 Å². The van der Waals surface area contributed by atoms with Gasteiger partial charge in [-0.25, -0.2) is 4.98 Å². The molecule has 4 heteroatoms. The number of nitrogens with zero attached hydrogens (tertiary/aromatic N) is 2. The summed E-state index contributed by atoms with van der Waals surface area (Å²) in [5, 5.41) is 0.718. The minimum Gasteiger partial charge on any atom is -0.336 e. The Balaban J connectivity index is 2.32. The van der Waals surface area contributed by atoms with Crippen molar-refractivity contribution >= 4 is 11.6 Å². The van der Waals surface area contributed by atoms with E-state index < -0.39 is 0 Å². The average Bonchev–Trinajstić information content (AvgIpc) is 2.65. The number of benzene rings is 1. The summed E-state index contributed by atoms with van der Waals surface area (Å²) in [6.07, 6.45) is 3.52. The number of rotatable bonds is 2. The van der Waals surface area contributed by atoms with E-state index in [1.807, 2.05) is 35.9 Å². The summed E-state index contributed by atoms with van der Waals surface area (Å²) in [4.78, 5) is 4.04. The molecule has 15 heavy (non-hydrogen) atoms. The molecule has 0 saturated carbocycles. The first-order valence-electron chi connectivity index (χ1n) is 4.66. The summed E-state index contributed by atoms with van der Waals surface area (Å²) in [5.74, 6) is 0. The van der Waals surface area contributed by atoms with Crippen LogP contribution in [-0.2, 0) is 7.05 Å². The summed E-state index contributed by atoms with van der Waals surface area (Å²) >= 11 is 5.81. The van der Waals surface area contributed by atoms with E-state index in [0.717, 1.165) is 16.3 Å². The molecule has 0 aliphatic heterocycles. The minimum atomic E-state index is -0.158. The Morgan fingerprint density at radius 1 is 1.33 bits per heavy atom. The van der Waals surface area contributed by atoms with E-state index in [0.29, 0.717) is 0 Å². The largest absolute Gasteiger partial charge is 0.336 e. The summed E-state index contributed by atoms with van der Waals surface area (Å²) in [5.41, 5.74) is 8.12. The van der Waals surface area contributed by atoms with Gasteiger partial charge in [0.25, 0.3) is 0 Å². The molecular formula is C11H12ClN3. The maximum Gasteiger partial charge on any atom is 0.0946 e. The minimum absolute atomic E-state index is 0.158. The molecule has 0 aliphatic carbocycles. The van der Waals surface area contributed by atoms with Gasteiger partial charge in [0, 0.05) is 12.1 Å². The molecule has 0 amide bonds. The van der Waals surface area contributed by atoms with Crippen LogP contribution in [0.3, 0.4) is 0 Å². The highest BCUT2D eigenvalue weighted by atomic mass is 35.5. The fourth-order valence-electron chi connectivity index (χ4n) is 1.51. The van der Waals surface area contributed by atoms with Crippen molar-refractivity contribution in [3.05, 3.63) is 53.1 Å². The normalized spacial score (nSPS) is 12.7. The highest BCUT2D eigenvalue weighted by molar-refractivity contribution is 6.30. The number of nitrogens with two attached hydrogens (primary N) is 1. The zero-order valence-corrected chi connectivity index (χ0v) is 9.15. The zero-order chi connectivity index (χ0) is 10.8. The molecule has 0 bridgehead atoms. The Labute approximate surface area is 93.5 Å². The molecule has 3 nitrogen and oxygen atoms in total. The van der Waals surface area contributed by atoms with E-state index in [1.165, 1.54) is 0 Å². The van der Waals surface area contributed by atoms with Gasteiger partial charge in [0.2, 0.25) is 0 Å². The molecule has 1 atom stereocenters. The lowest BCUT2D eigenvalue weighted by atomic mass is 10.1. The number of aryl methyl sites for hydroxylation is 1. The number of hydrogen-bond acceptors (Lipinski definition) is 2. The molecule has 0 fully saturated rings. The molecule has 0 radical (unpaired) electrons. The molecule has 1 unspecified atom stereocenters. The van der Waals surface area contributed by atoms with Gasteiger partial charge in [-0.1, -0.05) is 23.7 Å². The molecule has 2 aromatic rings. The Morgan fingerprint density at radius 3 is 2.53 bits per heavy atom. The standard InChI is InChI=1S/C11H12ClN3/c1-15-7-14-6-10(15)11(13)8-2-4-9(12)5-3-8/h2-7,11H,13H2,1H3. The van der Waals surface area contributed by atoms with Gasteiger partial charge < -0.3 is 10.3 Å². The second-order valence-electron chi connectivity index (χ2n) is 3.46. The lowest BCUT2D eigenvalue weighted by Gasteiger charge is -2.12. The van der Waals surface area contributed by atoms with Crippen LogP contribution in [0.2, 0.25) is 5.02 Å². The number of hydrogen-bond donors (Lipinski definition) is 1. The third-order valence-corrected chi connectivity index (χ3v) is 2.65. The number of aromatic nitrogens is 2. The maximum absolute atomic E-state index is 6.11. The van der Waals surface area contributed by atoms with Crippen molar-refractivity contribution in [3.63, 3.8) is 0 Å². The van der Waals surface area contributed by atoms with Crippen LogP contribution in [0.4, 0.5) is 0 Å². The van der Waals surface area contributed by atoms with E-state index in [2.05, 4.69) is 4.98 Å². The molecule has 2 rings (SSSR count). The summed E-state index contributed by atoms with van der Waals surface area (Å²) < 4.78 is 1.92. The molecule has 78 valence electrons. The third-order valence-electron chi connectivity index (χ3n) is 2.40. The number of imidazole rings is 1. The van der Waals surface area contributed by atoms with Crippen molar-refractivity contribution in [1.82, 2.24) is 9.55 Å². The smallest absolute Gasteiger partial charge is 0.0946 e. The molecule has 1 aromatic heterocycles. The Hall–Kier alpha value is -1.32. The first kappa shape index (κ1) is 10.2. The zero-order valence-electron chi connectivity index (χ0n) is 8.39. The molecule has 0 aliphatic rings. The monoisotopic (exact) mass is 221 g/mol. The second kappa shape index (κ2) is 4.04. The maximum atomic E-state index is 6.11. The Bertz CT molecular complexity index is 447. The van der Waals surface area contributed by atoms with Crippen molar-refractivity contribution in [3.8, 4) is 0 Å². The predicted octanol–water partition coefficient (Wildman–Crippen LogP) is 2.12. The first-order chi connectivity index (χ1) is 7.18. The third kappa shape index (κ3) is 2.03. The molecule has 1 aromatic carbocycles. The van der Waals surface area contributed by atoms with E-state index in [-0.39, 0.29) is 6.04 Å². The van der Waals surface area contributed by atoms with E-state index in [9.17, 15) is 0 Å². The van der Waals surface area contributed by atoms with Gasteiger partial charge in [0.05, 0.1) is 24.3 Å². The van der Waals surface area contributed by atoms with Gasteiger partial charge in [-0.2, -0.15) is 0 Å². The highest BCUT2D eigenvalue weighted by Gasteiger charge is 2.11. The quantitative estimate of drug-likeness (QED) is 0.844. The van der Waals surface area contributed by atoms with Crippen LogP contribution in [0.25, 0.3) is 0 Å². The lowest BCUT2D eigenvalue weighted by Crippen LogP contribution is -2.14. The lowest BCUT2D eigenvalue weighted by molar-refractivity contribution is 0.746. The SMILES string of the molecule is Cn1cncc1C(N)c1ccc(Cl)cc1. The fraction of sp³-hybridized carbons (Fsp3) is 0.182. The second-order valence-corrected chi connectivity index (χ2v) is 3.90. The van der Waals surface area contributed by atoms with Crippen molar-refractivity contribution in [2.75, 3.05) is 0 Å². The van der Waals surface area contributed by atoms with Crippen molar-refractivity contribution in [2.45, 2.75) is 6.04 Å². The summed E-state index contributed by atoms with van der Waals surface area (Å²) in [7, 11) is 1.93. The van der Waals surface area contributed by atoms with Crippen LogP contribution >= 0.6 is 11.6 Å². The van der Waals surface area contributed by atoms with Gasteiger partial charge in [0.1, 0.15) is 0 Å². The summed E-state index contributed by atoms with van der Waals surface area (Å²) in [6.45, 7) is 0. The molecule has 2 N–H and O–H groups in total. The molecule has 0 saturated heterocycles. The molecule has 0 spiro atoms. The molecular weight excluding hydrogens is 210 g/mol. The fourth-order valence-corrected chi connectivity index (χ4v) is 1.63. The van der Waals surface area contributed by atoms with Crippen LogP contribution < -0.4 is 5.73 Å². The van der Waals surface area contributed by atoms with Gasteiger partial charge in [-0.3, -0.25) is 0 Å². The van der Waals surface area contributed by atoms with Crippen LogP contribution in [0.1, 0.15) is 17.3 Å². The van der Waals surface area contributed by atoms with Gasteiger partial charge in [0.15, 0.2) is 0 Å². The van der Waals surface area contributed by atoms with Gasteiger partial charge >= 0.3 is 0 Å². The van der Waals surface area contributed by atoms with Gasteiger partial charge in [-0.15, -0.1) is 0 Å². The first-order valence-corrected chi connectivity index (χ1v) is 5.03. The molecule has 1 heterocycles. The van der Waals surface area contributed by atoms with E-state index >= 15 is 0 Å². The van der Waals surface area contributed by atoms with Crippen LogP contribution in [-0.4, -0.2) is 9.55 Å². The van der Waals surface area contributed by atoms with Crippen molar-refractivity contribution in [2.24, 2.45) is 12.8 Å². The van der Waals surface area contributed by atoms with Crippen LogP contribution in [0.5, 0.6) is 0 Å². The Kier molecular flexibility index (Phi) is 2.75. The highest BCUT2D eigenvalue weighted by Crippen LogP contribution is 2.20. The van der Waals surface area contributed by atoms with Crippen molar-refractivity contribution in [1.29, 1.82) is 0 Å². The predicted molar refractivity (Wildman–Crippen MR) is 60.7 cm³/mol. The number of halogens is 1. The van der Waals surface area contributed by atoms with Crippen LogP contribution in [0.15, 0.2) is 36.8 Å². The summed E-state index contributed by atoms with van der Waals surface area (Å²) in [6, 6.07) is 7.38. The van der Waals surface area contributed by atoms with E-state index in [4.69, 9.17) is 17.3 Å². The topological polar surface area (TPSA) is 43.8 Å². The average molecular weight is 222 g/mol. The van der Waals surface area contributed by atoms with Crippen LogP contribution in [0, 0.1) is 0 Å². The van der Waals surface area contributed by atoms with E-state index in [1.54, 1.807) is 12.5 Å².